The van der Waals surface area contributed by atoms with Crippen LogP contribution in [-0.4, -0.2) is 0 Å². The highest BCUT2D eigenvalue weighted by Gasteiger charge is 2.04. The van der Waals surface area contributed by atoms with Gasteiger partial charge in [0.25, 0.3) is 0 Å². The first-order valence-corrected chi connectivity index (χ1v) is 4.78. The fourth-order valence-electron chi connectivity index (χ4n) is 1.73. The molecule has 0 aliphatic heterocycles. The van der Waals surface area contributed by atoms with Gasteiger partial charge in [-0.2, -0.15) is 0 Å². The van der Waals surface area contributed by atoms with Gasteiger partial charge in [-0.05, 0) is 30.9 Å². The Hall–Kier alpha value is -1.30. The Morgan fingerprint density at radius 2 is 2.08 bits per heavy atom. The minimum atomic E-state index is 1.10. The SMILES string of the molecule is C/C=C1\CC=Cc2ccccc2C1. The lowest BCUT2D eigenvalue weighted by Crippen LogP contribution is -1.89. The summed E-state index contributed by atoms with van der Waals surface area (Å²) in [4.78, 5) is 0. The Morgan fingerprint density at radius 1 is 1.23 bits per heavy atom. The molecule has 0 bridgehead atoms. The lowest BCUT2D eigenvalue weighted by Gasteiger charge is -2.04. The number of allylic oxidation sites excluding steroid dienone is 3. The highest BCUT2D eigenvalue weighted by Crippen LogP contribution is 2.21. The van der Waals surface area contributed by atoms with E-state index in [9.17, 15) is 0 Å². The van der Waals surface area contributed by atoms with E-state index in [0.29, 0.717) is 0 Å². The Balaban J connectivity index is 2.43. The molecule has 0 heterocycles. The molecule has 0 saturated heterocycles. The second-order valence-corrected chi connectivity index (χ2v) is 3.43. The Bertz CT molecular complexity index is 356. The molecular formula is C13H14. The van der Waals surface area contributed by atoms with Crippen molar-refractivity contribution in [1.82, 2.24) is 0 Å². The molecule has 1 aromatic carbocycles. The molecule has 66 valence electrons. The van der Waals surface area contributed by atoms with E-state index in [1.54, 1.807) is 0 Å². The van der Waals surface area contributed by atoms with Gasteiger partial charge >= 0.3 is 0 Å². The summed E-state index contributed by atoms with van der Waals surface area (Å²) in [6.07, 6.45) is 8.92. The van der Waals surface area contributed by atoms with Gasteiger partial charge in [-0.15, -0.1) is 0 Å². The third kappa shape index (κ3) is 1.72. The molecule has 0 saturated carbocycles. The van der Waals surface area contributed by atoms with Crippen LogP contribution in [0.2, 0.25) is 0 Å². The zero-order chi connectivity index (χ0) is 9.10. The molecular weight excluding hydrogens is 156 g/mol. The number of fused-ring (bicyclic) bond motifs is 1. The van der Waals surface area contributed by atoms with Crippen LogP contribution in [-0.2, 0) is 6.42 Å². The Morgan fingerprint density at radius 3 is 2.92 bits per heavy atom. The highest BCUT2D eigenvalue weighted by molar-refractivity contribution is 5.56. The normalized spacial score (nSPS) is 18.4. The van der Waals surface area contributed by atoms with Crippen molar-refractivity contribution in [2.75, 3.05) is 0 Å². The lowest BCUT2D eigenvalue weighted by molar-refractivity contribution is 1.07. The Labute approximate surface area is 79.6 Å². The maximum Gasteiger partial charge on any atom is -0.00582 e. The van der Waals surface area contributed by atoms with Gasteiger partial charge in [0.1, 0.15) is 0 Å². The van der Waals surface area contributed by atoms with Gasteiger partial charge in [0.05, 0.1) is 0 Å². The fourth-order valence-corrected chi connectivity index (χ4v) is 1.73. The summed E-state index contributed by atoms with van der Waals surface area (Å²) >= 11 is 0. The second-order valence-electron chi connectivity index (χ2n) is 3.43. The Kier molecular flexibility index (Phi) is 2.31. The van der Waals surface area contributed by atoms with Crippen LogP contribution in [0.15, 0.2) is 42.0 Å². The molecule has 0 amide bonds. The summed E-state index contributed by atoms with van der Waals surface area (Å²) in [7, 11) is 0. The van der Waals surface area contributed by atoms with Crippen molar-refractivity contribution in [1.29, 1.82) is 0 Å². The number of rotatable bonds is 0. The fraction of sp³-hybridized carbons (Fsp3) is 0.231. The van der Waals surface area contributed by atoms with Crippen LogP contribution in [0.3, 0.4) is 0 Å². The molecule has 0 unspecified atom stereocenters. The molecule has 1 aromatic rings. The molecule has 0 atom stereocenters. The summed E-state index contributed by atoms with van der Waals surface area (Å²) < 4.78 is 0. The predicted octanol–water partition coefficient (Wildman–Crippen LogP) is 3.59. The molecule has 1 aliphatic carbocycles. The third-order valence-electron chi connectivity index (χ3n) is 2.56. The summed E-state index contributed by atoms with van der Waals surface area (Å²) in [5.41, 5.74) is 4.34. The van der Waals surface area contributed by atoms with E-state index in [-0.39, 0.29) is 0 Å². The average Bonchev–Trinajstić information content (AvgIpc) is 2.38. The average molecular weight is 170 g/mol. The summed E-state index contributed by atoms with van der Waals surface area (Å²) in [6.45, 7) is 2.12. The molecule has 0 nitrogen and oxygen atoms in total. The van der Waals surface area contributed by atoms with E-state index in [0.717, 1.165) is 12.8 Å². The molecule has 0 aromatic heterocycles. The molecule has 0 fully saturated rings. The van der Waals surface area contributed by atoms with Gasteiger partial charge < -0.3 is 0 Å². The quantitative estimate of drug-likeness (QED) is 0.522. The van der Waals surface area contributed by atoms with Crippen LogP contribution >= 0.6 is 0 Å². The van der Waals surface area contributed by atoms with Gasteiger partial charge in [-0.1, -0.05) is 48.1 Å². The van der Waals surface area contributed by atoms with Crippen LogP contribution in [0, 0.1) is 0 Å². The molecule has 0 spiro atoms. The van der Waals surface area contributed by atoms with Crippen molar-refractivity contribution in [2.24, 2.45) is 0 Å². The van der Waals surface area contributed by atoms with Gasteiger partial charge in [0, 0.05) is 0 Å². The molecule has 1 aliphatic rings. The van der Waals surface area contributed by atoms with Crippen LogP contribution < -0.4 is 0 Å². The highest BCUT2D eigenvalue weighted by atomic mass is 14.1. The van der Waals surface area contributed by atoms with Crippen molar-refractivity contribution in [3.05, 3.63) is 53.1 Å². The first-order valence-electron chi connectivity index (χ1n) is 4.78. The molecule has 13 heavy (non-hydrogen) atoms. The van der Waals surface area contributed by atoms with Crippen LogP contribution in [0.1, 0.15) is 24.5 Å². The van der Waals surface area contributed by atoms with Crippen molar-refractivity contribution in [3.63, 3.8) is 0 Å². The van der Waals surface area contributed by atoms with E-state index < -0.39 is 0 Å². The lowest BCUT2D eigenvalue weighted by atomic mass is 10.0. The molecule has 0 heteroatoms. The van der Waals surface area contributed by atoms with Crippen LogP contribution in [0.5, 0.6) is 0 Å². The number of benzene rings is 1. The van der Waals surface area contributed by atoms with Gasteiger partial charge in [-0.25, -0.2) is 0 Å². The number of hydrogen-bond donors (Lipinski definition) is 0. The molecule has 2 rings (SSSR count). The maximum absolute atomic E-state index is 2.25. The topological polar surface area (TPSA) is 0 Å². The standard InChI is InChI=1S/C13H14/c1-2-11-6-5-9-12-7-3-4-8-13(12)10-11/h2-5,7-9H,6,10H2,1H3/b11-2+. The van der Waals surface area contributed by atoms with Crippen molar-refractivity contribution in [3.8, 4) is 0 Å². The van der Waals surface area contributed by atoms with E-state index in [4.69, 9.17) is 0 Å². The zero-order valence-electron chi connectivity index (χ0n) is 7.96. The van der Waals surface area contributed by atoms with Crippen molar-refractivity contribution >= 4 is 6.08 Å². The van der Waals surface area contributed by atoms with Gasteiger partial charge in [0.15, 0.2) is 0 Å². The van der Waals surface area contributed by atoms with Crippen molar-refractivity contribution < 1.29 is 0 Å². The largest absolute Gasteiger partial charge is 0.0878 e. The minimum absolute atomic E-state index is 1.10. The summed E-state index contributed by atoms with van der Waals surface area (Å²) in [6, 6.07) is 8.62. The summed E-state index contributed by atoms with van der Waals surface area (Å²) in [5.74, 6) is 0. The zero-order valence-corrected chi connectivity index (χ0v) is 7.96. The second kappa shape index (κ2) is 3.61. The maximum atomic E-state index is 2.25. The van der Waals surface area contributed by atoms with E-state index in [2.05, 4.69) is 49.4 Å². The van der Waals surface area contributed by atoms with E-state index in [1.165, 1.54) is 16.7 Å². The number of hydrogen-bond acceptors (Lipinski definition) is 0. The first-order chi connectivity index (χ1) is 6.40. The monoisotopic (exact) mass is 170 g/mol. The third-order valence-corrected chi connectivity index (χ3v) is 2.56. The van der Waals surface area contributed by atoms with Crippen LogP contribution in [0.4, 0.5) is 0 Å². The molecule has 0 radical (unpaired) electrons. The van der Waals surface area contributed by atoms with Gasteiger partial charge in [0.2, 0.25) is 0 Å². The van der Waals surface area contributed by atoms with E-state index >= 15 is 0 Å². The van der Waals surface area contributed by atoms with E-state index in [1.807, 2.05) is 0 Å². The smallest absolute Gasteiger partial charge is 0.00582 e. The minimum Gasteiger partial charge on any atom is -0.0878 e. The first kappa shape index (κ1) is 8.31. The van der Waals surface area contributed by atoms with Crippen LogP contribution in [0.25, 0.3) is 6.08 Å². The van der Waals surface area contributed by atoms with Gasteiger partial charge in [-0.3, -0.25) is 0 Å². The molecule has 0 N–H and O–H groups in total. The predicted molar refractivity (Wildman–Crippen MR) is 57.6 cm³/mol. The van der Waals surface area contributed by atoms with Crippen molar-refractivity contribution in [2.45, 2.75) is 19.8 Å². The summed E-state index contributed by atoms with van der Waals surface area (Å²) in [5, 5.41) is 0.